The van der Waals surface area contributed by atoms with Crippen molar-refractivity contribution in [1.82, 2.24) is 9.80 Å². The Labute approximate surface area is 156 Å². The van der Waals surface area contributed by atoms with Gasteiger partial charge in [0.1, 0.15) is 12.4 Å². The summed E-state index contributed by atoms with van der Waals surface area (Å²) in [7, 11) is 0. The molecule has 2 bridgehead atoms. The molecule has 4 fully saturated rings. The van der Waals surface area contributed by atoms with Crippen molar-refractivity contribution in [3.05, 3.63) is 29.8 Å². The first-order valence-corrected chi connectivity index (χ1v) is 10.2. The van der Waals surface area contributed by atoms with Crippen LogP contribution in [0.4, 0.5) is 0 Å². The predicted molar refractivity (Wildman–Crippen MR) is 101 cm³/mol. The minimum absolute atomic E-state index is 0.0583. The monoisotopic (exact) mass is 360 g/mol. The number of aliphatic hydroxyl groups is 1. The van der Waals surface area contributed by atoms with Crippen LogP contribution in [0, 0.1) is 5.92 Å². The molecule has 5 rings (SSSR count). The molecule has 1 aromatic carbocycles. The molecule has 1 aromatic rings. The lowest BCUT2D eigenvalue weighted by Gasteiger charge is -2.37. The molecule has 26 heavy (non-hydrogen) atoms. The van der Waals surface area contributed by atoms with Gasteiger partial charge in [-0.1, -0.05) is 18.2 Å². The second-order valence-corrected chi connectivity index (χ2v) is 8.00. The van der Waals surface area contributed by atoms with Crippen LogP contribution in [-0.4, -0.2) is 73.1 Å². The van der Waals surface area contributed by atoms with Gasteiger partial charge in [-0.15, -0.1) is 0 Å². The molecule has 4 heterocycles. The summed E-state index contributed by atoms with van der Waals surface area (Å²) in [6.45, 7) is 6.86. The Bertz CT molecular complexity index is 576. The van der Waals surface area contributed by atoms with E-state index >= 15 is 0 Å². The first-order chi connectivity index (χ1) is 12.8. The molecule has 1 N–H and O–H groups in total. The van der Waals surface area contributed by atoms with Crippen LogP contribution in [0.5, 0.6) is 5.75 Å². The molecule has 0 spiro atoms. The topological polar surface area (TPSA) is 45.2 Å². The molecule has 5 heteroatoms. The third kappa shape index (κ3) is 4.22. The fraction of sp³-hybridized carbons (Fsp3) is 0.714. The molecule has 4 saturated heterocycles. The summed E-state index contributed by atoms with van der Waals surface area (Å²) in [5.74, 6) is 1.70. The van der Waals surface area contributed by atoms with E-state index in [0.29, 0.717) is 18.7 Å². The molecule has 4 aliphatic rings. The van der Waals surface area contributed by atoms with Gasteiger partial charge < -0.3 is 14.6 Å². The Kier molecular flexibility index (Phi) is 6.10. The number of fused-ring (bicyclic) bond motifs is 4. The second kappa shape index (κ2) is 8.70. The van der Waals surface area contributed by atoms with Crippen molar-refractivity contribution >= 4 is 0 Å². The zero-order chi connectivity index (χ0) is 17.8. The number of benzene rings is 1. The maximum absolute atomic E-state index is 9.07. The number of para-hydroxylation sites is 1. The Morgan fingerprint density at radius 1 is 1.00 bits per heavy atom. The number of nitrogens with zero attached hydrogens (tertiary/aromatic N) is 2. The Morgan fingerprint density at radius 2 is 1.85 bits per heavy atom. The Balaban J connectivity index is 1.44. The van der Waals surface area contributed by atoms with Crippen LogP contribution in [0.25, 0.3) is 0 Å². The second-order valence-electron chi connectivity index (χ2n) is 8.00. The number of piperidine rings is 1. The fourth-order valence-electron chi connectivity index (χ4n) is 4.91. The maximum Gasteiger partial charge on any atom is 0.123 e. The quantitative estimate of drug-likeness (QED) is 0.842. The smallest absolute Gasteiger partial charge is 0.123 e. The van der Waals surface area contributed by atoms with Crippen LogP contribution in [0.1, 0.15) is 31.2 Å². The average Bonchev–Trinajstić information content (AvgIpc) is 3.00. The van der Waals surface area contributed by atoms with Crippen molar-refractivity contribution in [1.29, 1.82) is 0 Å². The fourth-order valence-corrected chi connectivity index (χ4v) is 4.91. The summed E-state index contributed by atoms with van der Waals surface area (Å²) >= 11 is 0. The summed E-state index contributed by atoms with van der Waals surface area (Å²) in [4.78, 5) is 5.44. The molecule has 5 nitrogen and oxygen atoms in total. The first-order valence-electron chi connectivity index (χ1n) is 10.2. The number of hydrogen-bond acceptors (Lipinski definition) is 5. The predicted octanol–water partition coefficient (Wildman–Crippen LogP) is 2.13. The molecular formula is C21H32N2O3. The minimum atomic E-state index is 0.0583. The molecule has 0 unspecified atom stereocenters. The van der Waals surface area contributed by atoms with Gasteiger partial charge in [0.2, 0.25) is 0 Å². The van der Waals surface area contributed by atoms with Crippen molar-refractivity contribution in [2.24, 2.45) is 5.92 Å². The summed E-state index contributed by atoms with van der Waals surface area (Å²) in [5.41, 5.74) is 1.24. The van der Waals surface area contributed by atoms with Gasteiger partial charge in [0, 0.05) is 57.0 Å². The van der Waals surface area contributed by atoms with Crippen LogP contribution < -0.4 is 4.74 Å². The maximum atomic E-state index is 9.07. The SMILES string of the molecule is OCCOc1ccccc1CN1C[C@@H]2CC[C@H]1CN(C1CCOCC1)C2. The van der Waals surface area contributed by atoms with Gasteiger partial charge in [-0.25, -0.2) is 0 Å². The molecule has 0 aliphatic carbocycles. The van der Waals surface area contributed by atoms with Crippen LogP contribution in [0.3, 0.4) is 0 Å². The van der Waals surface area contributed by atoms with Crippen LogP contribution in [0.2, 0.25) is 0 Å². The largest absolute Gasteiger partial charge is 0.491 e. The molecule has 2 atom stereocenters. The van der Waals surface area contributed by atoms with E-state index in [1.54, 1.807) is 0 Å². The summed E-state index contributed by atoms with van der Waals surface area (Å²) in [6.07, 6.45) is 5.06. The van der Waals surface area contributed by atoms with Gasteiger partial charge in [-0.05, 0) is 37.7 Å². The lowest BCUT2D eigenvalue weighted by molar-refractivity contribution is 0.0307. The van der Waals surface area contributed by atoms with Gasteiger partial charge >= 0.3 is 0 Å². The highest BCUT2D eigenvalue weighted by atomic mass is 16.5. The van der Waals surface area contributed by atoms with Crippen LogP contribution >= 0.6 is 0 Å². The highest BCUT2D eigenvalue weighted by molar-refractivity contribution is 5.33. The van der Waals surface area contributed by atoms with E-state index < -0.39 is 0 Å². The lowest BCUT2D eigenvalue weighted by atomic mass is 9.94. The molecule has 0 aromatic heterocycles. The van der Waals surface area contributed by atoms with Crippen molar-refractivity contribution in [3.8, 4) is 5.75 Å². The number of rotatable bonds is 6. The normalized spacial score (nSPS) is 28.2. The summed E-state index contributed by atoms with van der Waals surface area (Å²) in [6, 6.07) is 9.65. The van der Waals surface area contributed by atoms with E-state index in [1.165, 1.54) is 50.9 Å². The third-order valence-electron chi connectivity index (χ3n) is 6.26. The Hall–Kier alpha value is -1.14. The molecule has 0 saturated carbocycles. The van der Waals surface area contributed by atoms with Crippen molar-refractivity contribution in [2.45, 2.75) is 44.3 Å². The van der Waals surface area contributed by atoms with E-state index in [9.17, 15) is 0 Å². The molecule has 0 amide bonds. The minimum Gasteiger partial charge on any atom is -0.491 e. The lowest BCUT2D eigenvalue weighted by Crippen LogP contribution is -2.45. The Morgan fingerprint density at radius 3 is 2.69 bits per heavy atom. The van der Waals surface area contributed by atoms with E-state index in [2.05, 4.69) is 21.9 Å². The van der Waals surface area contributed by atoms with Crippen LogP contribution in [0.15, 0.2) is 24.3 Å². The van der Waals surface area contributed by atoms with Gasteiger partial charge in [0.05, 0.1) is 6.61 Å². The van der Waals surface area contributed by atoms with Gasteiger partial charge in [-0.3, -0.25) is 9.80 Å². The van der Waals surface area contributed by atoms with Crippen molar-refractivity contribution in [2.75, 3.05) is 46.1 Å². The number of ether oxygens (including phenoxy) is 2. The van der Waals surface area contributed by atoms with Gasteiger partial charge in [0.15, 0.2) is 0 Å². The number of hydrogen-bond donors (Lipinski definition) is 1. The zero-order valence-electron chi connectivity index (χ0n) is 15.7. The van der Waals surface area contributed by atoms with E-state index in [0.717, 1.165) is 31.4 Å². The van der Waals surface area contributed by atoms with Gasteiger partial charge in [-0.2, -0.15) is 0 Å². The highest BCUT2D eigenvalue weighted by Crippen LogP contribution is 2.32. The average molecular weight is 360 g/mol. The number of aliphatic hydroxyl groups excluding tert-OH is 1. The molecule has 4 aliphatic heterocycles. The van der Waals surface area contributed by atoms with Crippen molar-refractivity contribution in [3.63, 3.8) is 0 Å². The molecule has 0 radical (unpaired) electrons. The van der Waals surface area contributed by atoms with E-state index in [-0.39, 0.29) is 6.61 Å². The van der Waals surface area contributed by atoms with Crippen LogP contribution in [-0.2, 0) is 11.3 Å². The highest BCUT2D eigenvalue weighted by Gasteiger charge is 2.37. The molecular weight excluding hydrogens is 328 g/mol. The summed E-state index contributed by atoms with van der Waals surface area (Å²) in [5, 5.41) is 9.07. The van der Waals surface area contributed by atoms with Gasteiger partial charge in [0.25, 0.3) is 0 Å². The zero-order valence-corrected chi connectivity index (χ0v) is 15.7. The first kappa shape index (κ1) is 18.2. The van der Waals surface area contributed by atoms with E-state index in [4.69, 9.17) is 14.6 Å². The molecule has 144 valence electrons. The summed E-state index contributed by atoms with van der Waals surface area (Å²) < 4.78 is 11.3. The van der Waals surface area contributed by atoms with E-state index in [1.807, 2.05) is 12.1 Å². The standard InChI is InChI=1S/C21H32N2O3/c24-9-12-26-21-4-2-1-3-18(21)15-22-13-17-5-6-20(22)16-23(14-17)19-7-10-25-11-8-19/h1-4,17,19-20,24H,5-16H2/t17-,20-/m0/s1. The third-order valence-corrected chi connectivity index (χ3v) is 6.26. The van der Waals surface area contributed by atoms with Crippen molar-refractivity contribution < 1.29 is 14.6 Å².